The number of aromatic nitrogens is 4. The Morgan fingerprint density at radius 1 is 1.19 bits per heavy atom. The number of non-ortho nitro benzene ring substituents is 1. The molecule has 0 saturated carbocycles. The number of hydrogen-bond acceptors (Lipinski definition) is 10. The quantitative estimate of drug-likeness (QED) is 0.434. The van der Waals surface area contributed by atoms with Crippen LogP contribution in [0.3, 0.4) is 0 Å². The van der Waals surface area contributed by atoms with Crippen molar-refractivity contribution in [3.05, 3.63) is 56.3 Å². The van der Waals surface area contributed by atoms with E-state index in [1.54, 1.807) is 0 Å². The molecule has 12 nitrogen and oxygen atoms in total. The minimum atomic E-state index is -3.91. The molecule has 0 bridgehead atoms. The summed E-state index contributed by atoms with van der Waals surface area (Å²) in [6.07, 6.45) is 1.04. The number of nitrogens with zero attached hydrogens (tertiary/aromatic N) is 6. The van der Waals surface area contributed by atoms with Crippen molar-refractivity contribution >= 4 is 32.7 Å². The van der Waals surface area contributed by atoms with Crippen LogP contribution in [-0.4, -0.2) is 38.0 Å². The summed E-state index contributed by atoms with van der Waals surface area (Å²) in [6.45, 7) is 0. The van der Waals surface area contributed by atoms with E-state index in [4.69, 9.17) is 0 Å². The van der Waals surface area contributed by atoms with Gasteiger partial charge in [0.25, 0.3) is 11.5 Å². The van der Waals surface area contributed by atoms with Crippen LogP contribution in [0.4, 0.5) is 11.5 Å². The molecule has 0 spiro atoms. The third kappa shape index (κ3) is 3.65. The highest BCUT2D eigenvalue weighted by Crippen LogP contribution is 2.29. The van der Waals surface area contributed by atoms with Gasteiger partial charge in [-0.2, -0.15) is 0 Å². The summed E-state index contributed by atoms with van der Waals surface area (Å²) in [5, 5.41) is 29.2. The molecule has 1 aromatic carbocycles. The Balaban J connectivity index is 1.90. The van der Waals surface area contributed by atoms with Crippen LogP contribution in [0.25, 0.3) is 10.8 Å². The van der Waals surface area contributed by atoms with Crippen LogP contribution in [0.2, 0.25) is 0 Å². The van der Waals surface area contributed by atoms with Gasteiger partial charge >= 0.3 is 5.82 Å². The van der Waals surface area contributed by atoms with Gasteiger partial charge in [-0.15, -0.1) is 10.2 Å². The summed E-state index contributed by atoms with van der Waals surface area (Å²) in [7, 11) is -2.51. The Labute approximate surface area is 155 Å². The average molecular weight is 410 g/mol. The van der Waals surface area contributed by atoms with Gasteiger partial charge in [0.05, 0.1) is 17.7 Å². The highest BCUT2D eigenvalue weighted by Gasteiger charge is 2.26. The van der Waals surface area contributed by atoms with E-state index in [1.165, 1.54) is 31.3 Å². The monoisotopic (exact) mass is 410 g/mol. The van der Waals surface area contributed by atoms with E-state index >= 15 is 0 Å². The van der Waals surface area contributed by atoms with E-state index in [-0.39, 0.29) is 32.2 Å². The second kappa shape index (κ2) is 6.81. The topological polar surface area (TPSA) is 164 Å². The van der Waals surface area contributed by atoms with Crippen LogP contribution in [0.15, 0.2) is 34.8 Å². The van der Waals surface area contributed by atoms with Crippen molar-refractivity contribution in [2.45, 2.75) is 10.1 Å². The van der Waals surface area contributed by atoms with Crippen molar-refractivity contribution in [1.29, 1.82) is 0 Å². The first-order valence-electron chi connectivity index (χ1n) is 7.15. The smallest absolute Gasteiger partial charge is 0.342 e. The van der Waals surface area contributed by atoms with Gasteiger partial charge in [0.2, 0.25) is 19.2 Å². The van der Waals surface area contributed by atoms with Gasteiger partial charge in [-0.25, -0.2) is 18.0 Å². The molecule has 14 heteroatoms. The summed E-state index contributed by atoms with van der Waals surface area (Å²) in [5.74, 6) is -0.665. The number of sulfone groups is 1. The fourth-order valence-corrected chi connectivity index (χ4v) is 4.67. The zero-order chi connectivity index (χ0) is 19.8. The zero-order valence-electron chi connectivity index (χ0n) is 13.5. The molecule has 0 fully saturated rings. The Bertz CT molecular complexity index is 1150. The van der Waals surface area contributed by atoms with Gasteiger partial charge in [0.1, 0.15) is 6.20 Å². The SMILES string of the molecule is Cn1c([N+](=O)[O-])cnc1-c1nnc(S(=O)(=O)Cc2cccc([N+](=O)[O-])c2)s1. The van der Waals surface area contributed by atoms with E-state index in [0.29, 0.717) is 11.3 Å². The van der Waals surface area contributed by atoms with Crippen LogP contribution in [0.5, 0.6) is 0 Å². The second-order valence-electron chi connectivity index (χ2n) is 5.32. The van der Waals surface area contributed by atoms with Crippen molar-refractivity contribution in [3.8, 4) is 10.8 Å². The standard InChI is InChI=1S/C13H10N6O6S2/c1-17-10(19(22)23)6-14-11(17)12-15-16-13(26-12)27(24,25)7-8-3-2-4-9(5-8)18(20)21/h2-6H,7H2,1H3. The molecule has 0 amide bonds. The second-order valence-corrected chi connectivity index (χ2v) is 8.46. The molecule has 0 aliphatic rings. The van der Waals surface area contributed by atoms with Gasteiger partial charge < -0.3 is 10.1 Å². The first kappa shape index (κ1) is 18.5. The summed E-state index contributed by atoms with van der Waals surface area (Å²) in [5.41, 5.74) is 0.00884. The van der Waals surface area contributed by atoms with E-state index in [0.717, 1.165) is 10.8 Å². The van der Waals surface area contributed by atoms with E-state index in [1.807, 2.05) is 0 Å². The van der Waals surface area contributed by atoms with E-state index in [2.05, 4.69) is 15.2 Å². The fourth-order valence-electron chi connectivity index (χ4n) is 2.24. The molecule has 27 heavy (non-hydrogen) atoms. The third-order valence-corrected chi connectivity index (χ3v) is 6.55. The summed E-state index contributed by atoms with van der Waals surface area (Å²) in [4.78, 5) is 24.3. The van der Waals surface area contributed by atoms with Crippen LogP contribution < -0.4 is 0 Å². The lowest BCUT2D eigenvalue weighted by Crippen LogP contribution is -2.05. The maximum atomic E-state index is 12.5. The Morgan fingerprint density at radius 2 is 1.93 bits per heavy atom. The number of imidazole rings is 1. The molecule has 2 heterocycles. The lowest BCUT2D eigenvalue weighted by Gasteiger charge is -2.00. The number of hydrogen-bond donors (Lipinski definition) is 0. The van der Waals surface area contributed by atoms with Gasteiger partial charge in [-0.3, -0.25) is 10.1 Å². The minimum absolute atomic E-state index is 0.100. The Kier molecular flexibility index (Phi) is 4.67. The molecule has 0 saturated heterocycles. The van der Waals surface area contributed by atoms with Crippen molar-refractivity contribution < 1.29 is 18.3 Å². The maximum Gasteiger partial charge on any atom is 0.342 e. The Morgan fingerprint density at radius 3 is 2.56 bits per heavy atom. The van der Waals surface area contributed by atoms with Crippen molar-refractivity contribution in [3.63, 3.8) is 0 Å². The molecule has 3 rings (SSSR count). The molecule has 0 radical (unpaired) electrons. The van der Waals surface area contributed by atoms with Gasteiger partial charge in [-0.1, -0.05) is 23.5 Å². The first-order valence-corrected chi connectivity index (χ1v) is 9.62. The molecule has 140 valence electrons. The minimum Gasteiger partial charge on any atom is -0.358 e. The van der Waals surface area contributed by atoms with Crippen LogP contribution in [-0.2, 0) is 22.6 Å². The molecule has 0 N–H and O–H groups in total. The summed E-state index contributed by atoms with van der Waals surface area (Å²) in [6, 6.07) is 5.27. The molecule has 0 unspecified atom stereocenters. The fraction of sp³-hybridized carbons (Fsp3) is 0.154. The van der Waals surface area contributed by atoms with Crippen LogP contribution >= 0.6 is 11.3 Å². The molecule has 0 aliphatic carbocycles. The lowest BCUT2D eigenvalue weighted by atomic mass is 10.2. The predicted molar refractivity (Wildman–Crippen MR) is 92.8 cm³/mol. The Hall–Kier alpha value is -3.26. The number of nitro benzene ring substituents is 1. The molecular formula is C13H10N6O6S2. The highest BCUT2D eigenvalue weighted by atomic mass is 32.2. The van der Waals surface area contributed by atoms with Crippen molar-refractivity contribution in [1.82, 2.24) is 19.7 Å². The molecular weight excluding hydrogens is 400 g/mol. The van der Waals surface area contributed by atoms with Crippen molar-refractivity contribution in [2.75, 3.05) is 0 Å². The number of nitro groups is 2. The van der Waals surface area contributed by atoms with Gasteiger partial charge in [0, 0.05) is 12.1 Å². The number of rotatable bonds is 6. The molecule has 0 atom stereocenters. The zero-order valence-corrected chi connectivity index (χ0v) is 15.2. The predicted octanol–water partition coefficient (Wildman–Crippen LogP) is 1.73. The summed E-state index contributed by atoms with van der Waals surface area (Å²) >= 11 is 0.712. The van der Waals surface area contributed by atoms with Gasteiger partial charge in [-0.05, 0) is 10.5 Å². The first-order chi connectivity index (χ1) is 12.7. The molecule has 3 aromatic rings. The largest absolute Gasteiger partial charge is 0.358 e. The molecule has 0 aliphatic heterocycles. The lowest BCUT2D eigenvalue weighted by molar-refractivity contribution is -0.391. The van der Waals surface area contributed by atoms with Crippen LogP contribution in [0.1, 0.15) is 5.56 Å². The maximum absolute atomic E-state index is 12.5. The average Bonchev–Trinajstić information content (AvgIpc) is 3.21. The summed E-state index contributed by atoms with van der Waals surface area (Å²) < 4.78 is 25.9. The number of benzene rings is 1. The highest BCUT2D eigenvalue weighted by molar-refractivity contribution is 7.92. The van der Waals surface area contributed by atoms with Gasteiger partial charge in [0.15, 0.2) is 0 Å². The van der Waals surface area contributed by atoms with E-state index in [9.17, 15) is 28.6 Å². The molecule has 2 aromatic heterocycles. The van der Waals surface area contributed by atoms with Crippen molar-refractivity contribution in [2.24, 2.45) is 7.05 Å². The third-order valence-electron chi connectivity index (χ3n) is 3.49. The van der Waals surface area contributed by atoms with Crippen LogP contribution in [0, 0.1) is 20.2 Å². The van der Waals surface area contributed by atoms with E-state index < -0.39 is 25.4 Å². The normalized spacial score (nSPS) is 11.4.